The lowest BCUT2D eigenvalue weighted by Gasteiger charge is -2.22. The standard InChI is InChI=1S/C26H26ClN3O2/c1-14-11-20(17(4)28-22-9-10-23(27)29-18(22)5)26-21(12-14)24(31)16(3)25(32-26)19-8-7-15(2)30(6)13-19/h7-13,17,28H,2H2,1,3-6H3/t17-/m1/s1. The Morgan fingerprint density at radius 3 is 2.62 bits per heavy atom. The molecule has 0 spiro atoms. The number of likely N-dealkylation sites (N-methyl/N-ethyl adjacent to an activating group) is 1. The lowest BCUT2D eigenvalue weighted by molar-refractivity contribution is 0.560. The van der Waals surface area contributed by atoms with Crippen molar-refractivity contribution in [2.24, 2.45) is 0 Å². The molecule has 0 bridgehead atoms. The van der Waals surface area contributed by atoms with Gasteiger partial charge in [-0.1, -0.05) is 24.2 Å². The van der Waals surface area contributed by atoms with E-state index in [4.69, 9.17) is 16.0 Å². The first-order valence-electron chi connectivity index (χ1n) is 10.5. The minimum absolute atomic E-state index is 0.0240. The molecule has 2 aromatic heterocycles. The molecule has 0 saturated heterocycles. The van der Waals surface area contributed by atoms with E-state index in [1.54, 1.807) is 6.07 Å². The van der Waals surface area contributed by atoms with Crippen molar-refractivity contribution in [1.29, 1.82) is 0 Å². The van der Waals surface area contributed by atoms with Gasteiger partial charge in [0.2, 0.25) is 0 Å². The van der Waals surface area contributed by atoms with Crippen LogP contribution in [0.3, 0.4) is 0 Å². The number of hydrogen-bond acceptors (Lipinski definition) is 5. The quantitative estimate of drug-likeness (QED) is 0.476. The van der Waals surface area contributed by atoms with Crippen molar-refractivity contribution >= 4 is 33.8 Å². The third-order valence-corrected chi connectivity index (χ3v) is 6.00. The molecule has 164 valence electrons. The van der Waals surface area contributed by atoms with Gasteiger partial charge in [-0.3, -0.25) is 4.79 Å². The van der Waals surface area contributed by atoms with Crippen LogP contribution >= 0.6 is 11.6 Å². The Kier molecular flexibility index (Phi) is 5.70. The SMILES string of the molecule is C=C1C=CC(c2oc3c([C@@H](C)Nc4ccc(Cl)nc4C)cc(C)cc3c(=O)c2C)=CN1C. The van der Waals surface area contributed by atoms with Crippen LogP contribution in [-0.2, 0) is 0 Å². The summed E-state index contributed by atoms with van der Waals surface area (Å²) < 4.78 is 6.44. The van der Waals surface area contributed by atoms with E-state index < -0.39 is 0 Å². The van der Waals surface area contributed by atoms with Crippen molar-refractivity contribution in [2.45, 2.75) is 33.7 Å². The number of halogens is 1. The first-order chi connectivity index (χ1) is 15.2. The van der Waals surface area contributed by atoms with Gasteiger partial charge in [0.1, 0.15) is 16.5 Å². The van der Waals surface area contributed by atoms with Crippen molar-refractivity contribution in [1.82, 2.24) is 9.88 Å². The van der Waals surface area contributed by atoms with Crippen molar-refractivity contribution in [3.63, 3.8) is 0 Å². The molecule has 0 aliphatic carbocycles. The van der Waals surface area contributed by atoms with E-state index in [1.165, 1.54) is 0 Å². The number of nitrogens with one attached hydrogen (secondary N) is 1. The largest absolute Gasteiger partial charge is 0.455 e. The van der Waals surface area contributed by atoms with E-state index in [2.05, 4.69) is 22.9 Å². The van der Waals surface area contributed by atoms with E-state index in [0.717, 1.165) is 33.8 Å². The average Bonchev–Trinajstić information content (AvgIpc) is 2.74. The first-order valence-corrected chi connectivity index (χ1v) is 10.8. The highest BCUT2D eigenvalue weighted by Gasteiger charge is 2.21. The molecule has 1 aliphatic rings. The molecule has 0 unspecified atom stereocenters. The molecule has 1 aliphatic heterocycles. The van der Waals surface area contributed by atoms with Gasteiger partial charge in [0.25, 0.3) is 0 Å². The Morgan fingerprint density at radius 1 is 1.19 bits per heavy atom. The van der Waals surface area contributed by atoms with E-state index in [9.17, 15) is 4.79 Å². The Labute approximate surface area is 192 Å². The Balaban J connectivity index is 1.87. The van der Waals surface area contributed by atoms with Gasteiger partial charge in [-0.2, -0.15) is 0 Å². The van der Waals surface area contributed by atoms with Crippen LogP contribution in [0.4, 0.5) is 5.69 Å². The Morgan fingerprint density at radius 2 is 1.94 bits per heavy atom. The molecule has 0 amide bonds. The number of anilines is 1. The minimum atomic E-state index is -0.129. The number of allylic oxidation sites excluding steroid dienone is 3. The number of hydrogen-bond donors (Lipinski definition) is 1. The number of benzene rings is 1. The fourth-order valence-electron chi connectivity index (χ4n) is 3.93. The molecule has 0 fully saturated rings. The maximum absolute atomic E-state index is 13.3. The number of rotatable bonds is 4. The van der Waals surface area contributed by atoms with Crippen LogP contribution in [0.1, 0.15) is 41.1 Å². The van der Waals surface area contributed by atoms with E-state index >= 15 is 0 Å². The number of pyridine rings is 1. The van der Waals surface area contributed by atoms with Crippen molar-refractivity contribution in [3.8, 4) is 0 Å². The van der Waals surface area contributed by atoms with Crippen molar-refractivity contribution < 1.29 is 4.42 Å². The summed E-state index contributed by atoms with van der Waals surface area (Å²) in [7, 11) is 1.92. The summed E-state index contributed by atoms with van der Waals surface area (Å²) in [4.78, 5) is 19.6. The number of fused-ring (bicyclic) bond motifs is 1. The highest BCUT2D eigenvalue weighted by atomic mass is 35.5. The first kappa shape index (κ1) is 21.9. The van der Waals surface area contributed by atoms with Crippen LogP contribution in [0.25, 0.3) is 16.5 Å². The molecular weight excluding hydrogens is 422 g/mol. The van der Waals surface area contributed by atoms with Crippen molar-refractivity contribution in [3.05, 3.63) is 98.4 Å². The fourth-order valence-corrected chi connectivity index (χ4v) is 4.12. The van der Waals surface area contributed by atoms with Crippen molar-refractivity contribution in [2.75, 3.05) is 12.4 Å². The van der Waals surface area contributed by atoms with Crippen LogP contribution in [0, 0.1) is 20.8 Å². The summed E-state index contributed by atoms with van der Waals surface area (Å²) in [6.07, 6.45) is 5.77. The molecule has 3 heterocycles. The molecule has 4 rings (SSSR count). The molecule has 3 aromatic rings. The summed E-state index contributed by atoms with van der Waals surface area (Å²) in [6.45, 7) is 11.7. The Hall–Kier alpha value is -3.31. The summed E-state index contributed by atoms with van der Waals surface area (Å²) in [5, 5.41) is 4.52. The monoisotopic (exact) mass is 447 g/mol. The van der Waals surface area contributed by atoms with Crippen LogP contribution in [0.5, 0.6) is 0 Å². The predicted octanol–water partition coefficient (Wildman–Crippen LogP) is 6.30. The van der Waals surface area contributed by atoms with Gasteiger partial charge in [-0.05, 0) is 63.6 Å². The minimum Gasteiger partial charge on any atom is -0.455 e. The molecule has 1 aromatic carbocycles. The molecule has 6 heteroatoms. The zero-order chi connectivity index (χ0) is 23.2. The second-order valence-electron chi connectivity index (χ2n) is 8.27. The van der Waals surface area contributed by atoms with E-state index in [1.807, 2.05) is 70.1 Å². The number of aromatic nitrogens is 1. The average molecular weight is 448 g/mol. The molecule has 0 saturated carbocycles. The normalized spacial score (nSPS) is 14.6. The molecular formula is C26H26ClN3O2. The third kappa shape index (κ3) is 3.96. The molecule has 0 radical (unpaired) electrons. The maximum atomic E-state index is 13.3. The number of nitrogens with zero attached hydrogens (tertiary/aromatic N) is 2. The van der Waals surface area contributed by atoms with E-state index in [-0.39, 0.29) is 11.5 Å². The van der Waals surface area contributed by atoms with E-state index in [0.29, 0.717) is 27.4 Å². The molecule has 1 atom stereocenters. The zero-order valence-electron chi connectivity index (χ0n) is 18.9. The van der Waals surface area contributed by atoms with Gasteiger partial charge in [0.05, 0.1) is 22.8 Å². The molecule has 1 N–H and O–H groups in total. The van der Waals surface area contributed by atoms with Gasteiger partial charge < -0.3 is 14.6 Å². The van der Waals surface area contributed by atoms with Crippen LogP contribution in [0.2, 0.25) is 5.15 Å². The fraction of sp³-hybridized carbons (Fsp3) is 0.231. The summed E-state index contributed by atoms with van der Waals surface area (Å²) in [6, 6.07) is 7.48. The molecule has 5 nitrogen and oxygen atoms in total. The lowest BCUT2D eigenvalue weighted by Crippen LogP contribution is -2.15. The second kappa shape index (κ2) is 8.32. The summed E-state index contributed by atoms with van der Waals surface area (Å²) in [5.74, 6) is 0.569. The predicted molar refractivity (Wildman–Crippen MR) is 132 cm³/mol. The number of aryl methyl sites for hydroxylation is 2. The van der Waals surface area contributed by atoms with Gasteiger partial charge in [0, 0.05) is 35.6 Å². The summed E-state index contributed by atoms with van der Waals surface area (Å²) >= 11 is 6.00. The molecule has 32 heavy (non-hydrogen) atoms. The second-order valence-corrected chi connectivity index (χ2v) is 8.66. The summed E-state index contributed by atoms with van der Waals surface area (Å²) in [5.41, 5.74) is 6.45. The maximum Gasteiger partial charge on any atom is 0.196 e. The lowest BCUT2D eigenvalue weighted by atomic mass is 9.98. The Bertz CT molecular complexity index is 1370. The van der Waals surface area contributed by atoms with Gasteiger partial charge in [-0.25, -0.2) is 4.98 Å². The van der Waals surface area contributed by atoms with Gasteiger partial charge in [0.15, 0.2) is 5.43 Å². The van der Waals surface area contributed by atoms with Gasteiger partial charge >= 0.3 is 0 Å². The topological polar surface area (TPSA) is 58.4 Å². The van der Waals surface area contributed by atoms with Crippen LogP contribution in [0.15, 0.2) is 64.1 Å². The highest BCUT2D eigenvalue weighted by molar-refractivity contribution is 6.29. The van der Waals surface area contributed by atoms with Gasteiger partial charge in [-0.15, -0.1) is 0 Å². The smallest absolute Gasteiger partial charge is 0.196 e. The third-order valence-electron chi connectivity index (χ3n) is 5.79. The van der Waals surface area contributed by atoms with Crippen LogP contribution < -0.4 is 10.7 Å². The van der Waals surface area contributed by atoms with Crippen LogP contribution in [-0.4, -0.2) is 16.9 Å². The zero-order valence-corrected chi connectivity index (χ0v) is 19.7. The highest BCUT2D eigenvalue weighted by Crippen LogP contribution is 2.32.